The number of likely N-dealkylation sites (tertiary alicyclic amines) is 1. The van der Waals surface area contributed by atoms with Crippen molar-refractivity contribution in [3.05, 3.63) is 58.8 Å². The third kappa shape index (κ3) is 6.61. The molecule has 2 atom stereocenters. The Morgan fingerprint density at radius 2 is 1.98 bits per heavy atom. The number of nitrogens with zero attached hydrogens (tertiary/aromatic N) is 4. The number of amides is 2. The number of anilines is 2. The predicted octanol–water partition coefficient (Wildman–Crippen LogP) is 3.84. The molecule has 1 saturated heterocycles. The number of carbonyl (C=O) groups excluding carboxylic acids is 2. The largest absolute Gasteiger partial charge is 0.495 e. The Balaban J connectivity index is 1.60. The number of hydrogen-bond acceptors (Lipinski definition) is 8. The van der Waals surface area contributed by atoms with E-state index in [0.717, 1.165) is 12.1 Å². The van der Waals surface area contributed by atoms with Crippen LogP contribution in [0.15, 0.2) is 41.8 Å². The van der Waals surface area contributed by atoms with Gasteiger partial charge in [-0.05, 0) is 38.6 Å². The van der Waals surface area contributed by atoms with E-state index < -0.39 is 59.0 Å². The molecule has 10 nitrogen and oxygen atoms in total. The van der Waals surface area contributed by atoms with Gasteiger partial charge < -0.3 is 29.9 Å². The number of piperidine rings is 1. The van der Waals surface area contributed by atoms with Crippen molar-refractivity contribution in [2.24, 2.45) is 0 Å². The fourth-order valence-electron chi connectivity index (χ4n) is 4.46. The zero-order chi connectivity index (χ0) is 30.8. The number of aromatic nitrogens is 2. The Bertz CT molecular complexity index is 1430. The molecular weight excluding hydrogens is 567 g/mol. The molecule has 1 fully saturated rings. The van der Waals surface area contributed by atoms with E-state index >= 15 is 4.39 Å². The van der Waals surface area contributed by atoms with Crippen LogP contribution in [0.2, 0.25) is 0 Å². The lowest BCUT2D eigenvalue weighted by atomic mass is 10.0. The van der Waals surface area contributed by atoms with Crippen molar-refractivity contribution in [2.75, 3.05) is 46.2 Å². The summed E-state index contributed by atoms with van der Waals surface area (Å²) in [5, 5.41) is 5.08. The van der Waals surface area contributed by atoms with Gasteiger partial charge in [-0.15, -0.1) is 0 Å². The maximum atomic E-state index is 15.1. The lowest BCUT2D eigenvalue weighted by Crippen LogP contribution is -2.51. The molecule has 2 N–H and O–H groups in total. The maximum absolute atomic E-state index is 15.1. The SMILES string of the molecule is CC=C(Oc1nc(Nc2cc(F)c(C(=O)NC3CCN(C)CC3F)cc2OC)ncc1C(F)(F)F)C1=CCN(C)C1=O. The smallest absolute Gasteiger partial charge is 0.423 e. The van der Waals surface area contributed by atoms with Gasteiger partial charge in [0.2, 0.25) is 11.8 Å². The predicted molar refractivity (Wildman–Crippen MR) is 142 cm³/mol. The summed E-state index contributed by atoms with van der Waals surface area (Å²) in [6.45, 7) is 2.42. The Kier molecular flexibility index (Phi) is 8.99. The number of likely N-dealkylation sites (N-methyl/N-ethyl adjacent to an activating group) is 1. The first-order chi connectivity index (χ1) is 19.8. The normalized spacial score (nSPS) is 19.9. The topological polar surface area (TPSA) is 109 Å². The van der Waals surface area contributed by atoms with Crippen molar-refractivity contribution >= 4 is 23.5 Å². The van der Waals surface area contributed by atoms with Crippen LogP contribution in [0.5, 0.6) is 11.6 Å². The molecule has 0 bridgehead atoms. The molecule has 0 aliphatic carbocycles. The van der Waals surface area contributed by atoms with Gasteiger partial charge in [-0.3, -0.25) is 9.59 Å². The van der Waals surface area contributed by atoms with Crippen LogP contribution in [0.1, 0.15) is 29.3 Å². The quantitative estimate of drug-likeness (QED) is 0.350. The molecule has 4 rings (SSSR count). The standard InChI is InChI=1S/C27H29F5N6O4/c1-5-21(14-6-9-38(3)25(14)40)42-24-16(27(30,31)32)12-33-26(36-24)35-20-11-17(28)15(10-22(20)41-4)23(39)34-19-7-8-37(2)13-18(19)29/h5-6,10-12,18-19H,7-9,13H2,1-4H3,(H,34,39)(H,33,35,36). The number of nitrogens with one attached hydrogen (secondary N) is 2. The van der Waals surface area contributed by atoms with Crippen molar-refractivity contribution < 1.29 is 41.0 Å². The van der Waals surface area contributed by atoms with Crippen LogP contribution in [0, 0.1) is 5.82 Å². The van der Waals surface area contributed by atoms with Gasteiger partial charge in [-0.2, -0.15) is 18.2 Å². The van der Waals surface area contributed by atoms with Gasteiger partial charge in [0.1, 0.15) is 29.1 Å². The molecule has 2 aliphatic heterocycles. The van der Waals surface area contributed by atoms with Crippen LogP contribution in [-0.2, 0) is 11.0 Å². The fraction of sp³-hybridized carbons (Fsp3) is 0.407. The number of hydrogen-bond donors (Lipinski definition) is 2. The number of carbonyl (C=O) groups is 2. The van der Waals surface area contributed by atoms with Gasteiger partial charge in [0.15, 0.2) is 0 Å². The summed E-state index contributed by atoms with van der Waals surface area (Å²) in [5.74, 6) is -3.81. The van der Waals surface area contributed by atoms with E-state index in [2.05, 4.69) is 20.6 Å². The molecule has 2 unspecified atom stereocenters. The molecule has 2 aliphatic rings. The minimum Gasteiger partial charge on any atom is -0.495 e. The van der Waals surface area contributed by atoms with Crippen LogP contribution >= 0.6 is 0 Å². The Hall–Kier alpha value is -4.27. The number of alkyl halides is 4. The van der Waals surface area contributed by atoms with Gasteiger partial charge in [-0.25, -0.2) is 13.8 Å². The highest BCUT2D eigenvalue weighted by Crippen LogP contribution is 2.38. The minimum atomic E-state index is -4.90. The molecule has 42 heavy (non-hydrogen) atoms. The number of rotatable bonds is 8. The summed E-state index contributed by atoms with van der Waals surface area (Å²) in [4.78, 5) is 35.8. The van der Waals surface area contributed by atoms with E-state index in [0.29, 0.717) is 19.2 Å². The summed E-state index contributed by atoms with van der Waals surface area (Å²) in [7, 11) is 4.52. The van der Waals surface area contributed by atoms with E-state index in [1.807, 2.05) is 0 Å². The highest BCUT2D eigenvalue weighted by atomic mass is 19.4. The average molecular weight is 597 g/mol. The van der Waals surface area contributed by atoms with Crippen molar-refractivity contribution in [1.82, 2.24) is 25.1 Å². The minimum absolute atomic E-state index is 0.0634. The number of ether oxygens (including phenoxy) is 2. The molecule has 226 valence electrons. The van der Waals surface area contributed by atoms with Crippen LogP contribution in [-0.4, -0.2) is 84.6 Å². The Morgan fingerprint density at radius 3 is 2.57 bits per heavy atom. The first kappa shape index (κ1) is 30.7. The highest BCUT2D eigenvalue weighted by Gasteiger charge is 2.38. The molecule has 1 aromatic carbocycles. The lowest BCUT2D eigenvalue weighted by molar-refractivity contribution is -0.139. The van der Waals surface area contributed by atoms with E-state index in [4.69, 9.17) is 9.47 Å². The molecule has 2 aromatic rings. The van der Waals surface area contributed by atoms with E-state index in [-0.39, 0.29) is 35.9 Å². The summed E-state index contributed by atoms with van der Waals surface area (Å²) < 4.78 is 81.4. The number of halogens is 5. The van der Waals surface area contributed by atoms with Crippen LogP contribution in [0.25, 0.3) is 0 Å². The molecule has 0 saturated carbocycles. The van der Waals surface area contributed by atoms with Crippen molar-refractivity contribution in [1.29, 1.82) is 0 Å². The molecule has 3 heterocycles. The van der Waals surface area contributed by atoms with Gasteiger partial charge in [-0.1, -0.05) is 0 Å². The van der Waals surface area contributed by atoms with E-state index in [1.165, 1.54) is 38.1 Å². The summed E-state index contributed by atoms with van der Waals surface area (Å²) in [6, 6.07) is 1.16. The number of allylic oxidation sites excluding steroid dienone is 1. The molecule has 2 amide bonds. The molecule has 1 aromatic heterocycles. The summed E-state index contributed by atoms with van der Waals surface area (Å²) in [5.41, 5.74) is -1.77. The first-order valence-electron chi connectivity index (χ1n) is 12.8. The molecule has 0 spiro atoms. The average Bonchev–Trinajstić information content (AvgIpc) is 3.26. The molecule has 0 radical (unpaired) electrons. The third-order valence-corrected chi connectivity index (χ3v) is 6.78. The van der Waals surface area contributed by atoms with Gasteiger partial charge in [0, 0.05) is 38.9 Å². The third-order valence-electron chi connectivity index (χ3n) is 6.78. The van der Waals surface area contributed by atoms with Crippen LogP contribution in [0.4, 0.5) is 33.6 Å². The number of methoxy groups -OCH3 is 1. The highest BCUT2D eigenvalue weighted by molar-refractivity contribution is 5.99. The summed E-state index contributed by atoms with van der Waals surface area (Å²) >= 11 is 0. The van der Waals surface area contributed by atoms with Crippen molar-refractivity contribution in [3.8, 4) is 11.6 Å². The Morgan fingerprint density at radius 1 is 1.24 bits per heavy atom. The second kappa shape index (κ2) is 12.3. The van der Waals surface area contributed by atoms with Crippen LogP contribution in [0.3, 0.4) is 0 Å². The van der Waals surface area contributed by atoms with Crippen molar-refractivity contribution in [3.63, 3.8) is 0 Å². The Labute approximate surface area is 238 Å². The second-order valence-corrected chi connectivity index (χ2v) is 9.77. The lowest BCUT2D eigenvalue weighted by Gasteiger charge is -2.32. The second-order valence-electron chi connectivity index (χ2n) is 9.77. The molecule has 15 heteroatoms. The van der Waals surface area contributed by atoms with Gasteiger partial charge in [0.05, 0.1) is 30.0 Å². The van der Waals surface area contributed by atoms with E-state index in [9.17, 15) is 27.2 Å². The van der Waals surface area contributed by atoms with Crippen molar-refractivity contribution in [2.45, 2.75) is 31.7 Å². The first-order valence-corrected chi connectivity index (χ1v) is 12.8. The zero-order valence-corrected chi connectivity index (χ0v) is 23.2. The van der Waals surface area contributed by atoms with Gasteiger partial charge >= 0.3 is 6.18 Å². The fourth-order valence-corrected chi connectivity index (χ4v) is 4.46. The molecular formula is C27H29F5N6O4. The monoisotopic (exact) mass is 596 g/mol. The van der Waals surface area contributed by atoms with Crippen LogP contribution < -0.4 is 20.1 Å². The maximum Gasteiger partial charge on any atom is 0.423 e. The zero-order valence-electron chi connectivity index (χ0n) is 23.2. The van der Waals surface area contributed by atoms with E-state index in [1.54, 1.807) is 11.9 Å². The summed E-state index contributed by atoms with van der Waals surface area (Å²) in [6.07, 6.45) is -2.57. The number of benzene rings is 1. The van der Waals surface area contributed by atoms with Gasteiger partial charge in [0.25, 0.3) is 11.8 Å².